The minimum atomic E-state index is 0.373. The molecule has 0 aromatic carbocycles. The molecule has 0 bridgehead atoms. The fourth-order valence-corrected chi connectivity index (χ4v) is 4.44. The zero-order valence-corrected chi connectivity index (χ0v) is 13.4. The highest BCUT2D eigenvalue weighted by Gasteiger charge is 2.46. The van der Waals surface area contributed by atoms with Gasteiger partial charge in [-0.15, -0.1) is 0 Å². The Kier molecular flexibility index (Phi) is 5.02. The van der Waals surface area contributed by atoms with Crippen LogP contribution in [-0.2, 0) is 6.42 Å². The van der Waals surface area contributed by atoms with Gasteiger partial charge in [-0.25, -0.2) is 0 Å². The van der Waals surface area contributed by atoms with Crippen molar-refractivity contribution in [1.82, 2.24) is 10.2 Å². The average Bonchev–Trinajstić information content (AvgIpc) is 3.25. The van der Waals surface area contributed by atoms with E-state index in [1.807, 2.05) is 12.3 Å². The third-order valence-corrected chi connectivity index (χ3v) is 5.48. The number of nitrogens with zero attached hydrogens (tertiary/aromatic N) is 1. The quantitative estimate of drug-likeness (QED) is 0.831. The lowest BCUT2D eigenvalue weighted by Gasteiger charge is -2.45. The fourth-order valence-electron chi connectivity index (χ4n) is 4.44. The van der Waals surface area contributed by atoms with E-state index in [1.54, 1.807) is 0 Å². The highest BCUT2D eigenvalue weighted by molar-refractivity contribution is 5.10. The molecule has 3 rings (SSSR count). The van der Waals surface area contributed by atoms with Gasteiger partial charge in [0.1, 0.15) is 5.76 Å². The first-order chi connectivity index (χ1) is 10.3. The zero-order chi connectivity index (χ0) is 14.5. The molecule has 1 aromatic heterocycles. The van der Waals surface area contributed by atoms with Gasteiger partial charge in [-0.2, -0.15) is 0 Å². The topological polar surface area (TPSA) is 28.4 Å². The molecule has 0 spiro atoms. The van der Waals surface area contributed by atoms with Gasteiger partial charge in [0.15, 0.2) is 0 Å². The molecule has 2 aliphatic rings. The second kappa shape index (κ2) is 6.97. The Morgan fingerprint density at radius 1 is 1.24 bits per heavy atom. The molecule has 1 N–H and O–H groups in total. The van der Waals surface area contributed by atoms with E-state index in [0.717, 1.165) is 18.7 Å². The van der Waals surface area contributed by atoms with Crippen LogP contribution in [0.15, 0.2) is 22.8 Å². The Labute approximate surface area is 129 Å². The SMILES string of the molecule is CCCNC(Cc1ccco1)C1(N2CCCC2)CCCC1. The number of rotatable bonds is 7. The van der Waals surface area contributed by atoms with Crippen molar-refractivity contribution in [3.8, 4) is 0 Å². The summed E-state index contributed by atoms with van der Waals surface area (Å²) in [6.07, 6.45) is 12.3. The summed E-state index contributed by atoms with van der Waals surface area (Å²) in [7, 11) is 0. The number of hydrogen-bond acceptors (Lipinski definition) is 3. The van der Waals surface area contributed by atoms with Gasteiger partial charge in [0.2, 0.25) is 0 Å². The van der Waals surface area contributed by atoms with Crippen LogP contribution in [0.1, 0.15) is 57.6 Å². The van der Waals surface area contributed by atoms with Crippen LogP contribution in [0.3, 0.4) is 0 Å². The van der Waals surface area contributed by atoms with E-state index in [4.69, 9.17) is 4.42 Å². The molecule has 0 radical (unpaired) electrons. The molecule has 2 fully saturated rings. The van der Waals surface area contributed by atoms with E-state index in [1.165, 1.54) is 58.0 Å². The van der Waals surface area contributed by atoms with Gasteiger partial charge in [0.25, 0.3) is 0 Å². The summed E-state index contributed by atoms with van der Waals surface area (Å²) in [5.41, 5.74) is 0.373. The van der Waals surface area contributed by atoms with Crippen LogP contribution in [0.25, 0.3) is 0 Å². The molecule has 0 amide bonds. The van der Waals surface area contributed by atoms with E-state index >= 15 is 0 Å². The number of furan rings is 1. The van der Waals surface area contributed by atoms with Crippen LogP contribution in [0, 0.1) is 0 Å². The maximum absolute atomic E-state index is 5.65. The molecule has 3 heteroatoms. The molecule has 1 aliphatic heterocycles. The summed E-state index contributed by atoms with van der Waals surface area (Å²) in [5, 5.41) is 3.87. The molecule has 1 aromatic rings. The zero-order valence-electron chi connectivity index (χ0n) is 13.4. The van der Waals surface area contributed by atoms with Crippen molar-refractivity contribution in [2.45, 2.75) is 69.9 Å². The highest BCUT2D eigenvalue weighted by atomic mass is 16.3. The Balaban J connectivity index is 1.80. The summed E-state index contributed by atoms with van der Waals surface area (Å²) < 4.78 is 5.65. The second-order valence-corrected chi connectivity index (χ2v) is 6.80. The van der Waals surface area contributed by atoms with Crippen molar-refractivity contribution in [2.75, 3.05) is 19.6 Å². The largest absolute Gasteiger partial charge is 0.469 e. The molecule has 1 atom stereocenters. The maximum atomic E-state index is 5.65. The summed E-state index contributed by atoms with van der Waals surface area (Å²) in [4.78, 5) is 2.80. The number of hydrogen-bond donors (Lipinski definition) is 1. The van der Waals surface area contributed by atoms with E-state index in [2.05, 4.69) is 23.2 Å². The summed E-state index contributed by atoms with van der Waals surface area (Å²) in [6.45, 7) is 5.96. The Bertz CT molecular complexity index is 403. The van der Waals surface area contributed by atoms with Crippen molar-refractivity contribution >= 4 is 0 Å². The predicted octanol–water partition coefficient (Wildman–Crippen LogP) is 3.60. The molecule has 2 heterocycles. The van der Waals surface area contributed by atoms with Gasteiger partial charge in [-0.05, 0) is 63.9 Å². The molecule has 3 nitrogen and oxygen atoms in total. The molecule has 21 heavy (non-hydrogen) atoms. The molecular weight excluding hydrogens is 260 g/mol. The third kappa shape index (κ3) is 3.19. The van der Waals surface area contributed by atoms with E-state index < -0.39 is 0 Å². The van der Waals surface area contributed by atoms with Crippen molar-refractivity contribution in [3.05, 3.63) is 24.2 Å². The summed E-state index contributed by atoms with van der Waals surface area (Å²) >= 11 is 0. The van der Waals surface area contributed by atoms with Gasteiger partial charge in [0, 0.05) is 18.0 Å². The summed E-state index contributed by atoms with van der Waals surface area (Å²) in [6, 6.07) is 4.68. The average molecular weight is 290 g/mol. The molecule has 1 aliphatic carbocycles. The first-order valence-electron chi connectivity index (χ1n) is 8.86. The Morgan fingerprint density at radius 3 is 2.62 bits per heavy atom. The van der Waals surface area contributed by atoms with Crippen LogP contribution < -0.4 is 5.32 Å². The Morgan fingerprint density at radius 2 is 2.00 bits per heavy atom. The van der Waals surface area contributed by atoms with Crippen LogP contribution in [0.5, 0.6) is 0 Å². The van der Waals surface area contributed by atoms with Gasteiger partial charge < -0.3 is 9.73 Å². The van der Waals surface area contributed by atoms with Crippen molar-refractivity contribution in [1.29, 1.82) is 0 Å². The van der Waals surface area contributed by atoms with Crippen molar-refractivity contribution in [2.24, 2.45) is 0 Å². The van der Waals surface area contributed by atoms with Gasteiger partial charge in [-0.3, -0.25) is 4.90 Å². The van der Waals surface area contributed by atoms with Crippen LogP contribution >= 0.6 is 0 Å². The molecular formula is C18H30N2O. The van der Waals surface area contributed by atoms with Gasteiger partial charge in [-0.1, -0.05) is 19.8 Å². The molecule has 118 valence electrons. The van der Waals surface area contributed by atoms with Crippen LogP contribution in [0.2, 0.25) is 0 Å². The molecule has 1 unspecified atom stereocenters. The summed E-state index contributed by atoms with van der Waals surface area (Å²) in [5.74, 6) is 1.13. The number of likely N-dealkylation sites (tertiary alicyclic amines) is 1. The van der Waals surface area contributed by atoms with Gasteiger partial charge >= 0.3 is 0 Å². The standard InChI is InChI=1S/C18H30N2O/c1-2-11-19-17(15-16-8-7-14-21-16)18(9-3-4-10-18)20-12-5-6-13-20/h7-8,14,17,19H,2-6,9-13,15H2,1H3. The minimum absolute atomic E-state index is 0.373. The molecule has 1 saturated heterocycles. The minimum Gasteiger partial charge on any atom is -0.469 e. The third-order valence-electron chi connectivity index (χ3n) is 5.48. The first-order valence-corrected chi connectivity index (χ1v) is 8.86. The number of nitrogens with one attached hydrogen (secondary N) is 1. The monoisotopic (exact) mass is 290 g/mol. The Hall–Kier alpha value is -0.800. The van der Waals surface area contributed by atoms with E-state index in [9.17, 15) is 0 Å². The van der Waals surface area contributed by atoms with Crippen LogP contribution in [-0.4, -0.2) is 36.1 Å². The predicted molar refractivity (Wildman–Crippen MR) is 86.5 cm³/mol. The second-order valence-electron chi connectivity index (χ2n) is 6.80. The smallest absolute Gasteiger partial charge is 0.105 e. The van der Waals surface area contributed by atoms with Gasteiger partial charge in [0.05, 0.1) is 6.26 Å². The normalized spacial score (nSPS) is 23.7. The lowest BCUT2D eigenvalue weighted by Crippen LogP contribution is -2.60. The lowest BCUT2D eigenvalue weighted by molar-refractivity contribution is 0.0744. The fraction of sp³-hybridized carbons (Fsp3) is 0.778. The van der Waals surface area contributed by atoms with Crippen molar-refractivity contribution in [3.63, 3.8) is 0 Å². The van der Waals surface area contributed by atoms with Crippen LogP contribution in [0.4, 0.5) is 0 Å². The van der Waals surface area contributed by atoms with E-state index in [0.29, 0.717) is 11.6 Å². The highest BCUT2D eigenvalue weighted by Crippen LogP contribution is 2.41. The lowest BCUT2D eigenvalue weighted by atomic mass is 9.83. The first kappa shape index (κ1) is 15.1. The van der Waals surface area contributed by atoms with Crippen molar-refractivity contribution < 1.29 is 4.42 Å². The molecule has 1 saturated carbocycles. The maximum Gasteiger partial charge on any atom is 0.105 e. The van der Waals surface area contributed by atoms with E-state index in [-0.39, 0.29) is 0 Å².